The summed E-state index contributed by atoms with van der Waals surface area (Å²) in [7, 11) is 0. The van der Waals surface area contributed by atoms with Gasteiger partial charge in [0.15, 0.2) is 0 Å². The van der Waals surface area contributed by atoms with Crippen LogP contribution in [-0.2, 0) is 4.79 Å². The van der Waals surface area contributed by atoms with Gasteiger partial charge in [-0.2, -0.15) is 0 Å². The van der Waals surface area contributed by atoms with Crippen molar-refractivity contribution in [2.75, 3.05) is 13.1 Å². The van der Waals surface area contributed by atoms with Gasteiger partial charge in [-0.15, -0.1) is 0 Å². The number of nitrogens with two attached hydrogens (primary N) is 1. The lowest BCUT2D eigenvalue weighted by Crippen LogP contribution is -2.50. The summed E-state index contributed by atoms with van der Waals surface area (Å²) in [4.78, 5) is 15.1. The summed E-state index contributed by atoms with van der Waals surface area (Å²) in [5.41, 5.74) is 6.34. The molecule has 2 bridgehead atoms. The minimum atomic E-state index is 0.210. The predicted molar refractivity (Wildman–Crippen MR) is 94.0 cm³/mol. The van der Waals surface area contributed by atoms with Crippen LogP contribution in [0.3, 0.4) is 0 Å². The summed E-state index contributed by atoms with van der Waals surface area (Å²) in [5, 5.41) is 3.22. The lowest BCUT2D eigenvalue weighted by Gasteiger charge is -2.43. The van der Waals surface area contributed by atoms with Crippen molar-refractivity contribution in [2.45, 2.75) is 83.3 Å². The molecule has 3 N–H and O–H groups in total. The number of rotatable bonds is 4. The Kier molecular flexibility index (Phi) is 5.63. The Balaban J connectivity index is 1.44. The molecule has 0 aromatic rings. The second kappa shape index (κ2) is 7.52. The first-order valence-electron chi connectivity index (χ1n) is 9.85. The smallest absolute Gasteiger partial charge is 0.223 e. The van der Waals surface area contributed by atoms with Crippen molar-refractivity contribution < 1.29 is 4.79 Å². The third-order valence-electron chi connectivity index (χ3n) is 6.83. The van der Waals surface area contributed by atoms with Gasteiger partial charge >= 0.3 is 0 Å². The maximum Gasteiger partial charge on any atom is 0.223 e. The zero-order chi connectivity index (χ0) is 16.4. The van der Waals surface area contributed by atoms with Gasteiger partial charge in [-0.1, -0.05) is 12.8 Å². The first kappa shape index (κ1) is 17.2. The van der Waals surface area contributed by atoms with Crippen LogP contribution in [0.25, 0.3) is 0 Å². The highest BCUT2D eigenvalue weighted by molar-refractivity contribution is 5.78. The highest BCUT2D eigenvalue weighted by atomic mass is 16.1. The molecule has 1 heterocycles. The van der Waals surface area contributed by atoms with Gasteiger partial charge in [-0.3, -0.25) is 9.69 Å². The van der Waals surface area contributed by atoms with Crippen molar-refractivity contribution in [1.29, 1.82) is 0 Å². The maximum absolute atomic E-state index is 12.6. The van der Waals surface area contributed by atoms with Crippen molar-refractivity contribution in [3.05, 3.63) is 0 Å². The third kappa shape index (κ3) is 3.90. The molecule has 23 heavy (non-hydrogen) atoms. The van der Waals surface area contributed by atoms with Crippen LogP contribution in [-0.4, -0.2) is 42.0 Å². The van der Waals surface area contributed by atoms with Crippen molar-refractivity contribution in [1.82, 2.24) is 10.2 Å². The summed E-state index contributed by atoms with van der Waals surface area (Å²) in [6, 6.07) is 1.66. The summed E-state index contributed by atoms with van der Waals surface area (Å²) in [6.07, 6.45) is 9.72. The van der Waals surface area contributed by atoms with Gasteiger partial charge in [-0.25, -0.2) is 0 Å². The summed E-state index contributed by atoms with van der Waals surface area (Å²) < 4.78 is 0. The van der Waals surface area contributed by atoms with Crippen LogP contribution in [0.5, 0.6) is 0 Å². The number of hydrogen-bond acceptors (Lipinski definition) is 3. The largest absolute Gasteiger partial charge is 0.355 e. The van der Waals surface area contributed by atoms with Crippen LogP contribution < -0.4 is 11.1 Å². The fourth-order valence-electron chi connectivity index (χ4n) is 5.37. The molecule has 3 rings (SSSR count). The molecule has 1 amide bonds. The minimum absolute atomic E-state index is 0.210. The molecule has 1 saturated heterocycles. The Morgan fingerprint density at radius 3 is 2.22 bits per heavy atom. The van der Waals surface area contributed by atoms with Gasteiger partial charge in [0, 0.05) is 37.1 Å². The van der Waals surface area contributed by atoms with Crippen molar-refractivity contribution in [2.24, 2.45) is 23.5 Å². The van der Waals surface area contributed by atoms with E-state index in [4.69, 9.17) is 5.73 Å². The number of likely N-dealkylation sites (tertiary alicyclic amines) is 1. The summed E-state index contributed by atoms with van der Waals surface area (Å²) in [5.74, 6) is 1.66. The second-order valence-corrected chi connectivity index (χ2v) is 8.35. The molecule has 2 aliphatic carbocycles. The van der Waals surface area contributed by atoms with E-state index in [0.717, 1.165) is 25.9 Å². The van der Waals surface area contributed by atoms with E-state index in [1.54, 1.807) is 0 Å². The van der Waals surface area contributed by atoms with E-state index in [0.29, 0.717) is 30.0 Å². The zero-order valence-electron chi connectivity index (χ0n) is 15.0. The second-order valence-electron chi connectivity index (χ2n) is 8.35. The minimum Gasteiger partial charge on any atom is -0.355 e. The number of nitrogens with one attached hydrogen (secondary N) is 1. The molecule has 3 aliphatic rings. The number of nitrogens with zero attached hydrogens (tertiary/aromatic N) is 1. The third-order valence-corrected chi connectivity index (χ3v) is 6.83. The lowest BCUT2D eigenvalue weighted by atomic mass is 9.65. The van der Waals surface area contributed by atoms with E-state index in [-0.39, 0.29) is 11.8 Å². The molecule has 0 aromatic carbocycles. The Morgan fingerprint density at radius 2 is 1.61 bits per heavy atom. The monoisotopic (exact) mass is 321 g/mol. The molecule has 3 fully saturated rings. The Labute approximate surface area is 141 Å². The van der Waals surface area contributed by atoms with Crippen LogP contribution in [0.2, 0.25) is 0 Å². The average Bonchev–Trinajstić information content (AvgIpc) is 2.49. The topological polar surface area (TPSA) is 58.4 Å². The fourth-order valence-corrected chi connectivity index (χ4v) is 5.37. The zero-order valence-corrected chi connectivity index (χ0v) is 15.0. The van der Waals surface area contributed by atoms with Gasteiger partial charge < -0.3 is 11.1 Å². The molecule has 1 aliphatic heterocycles. The van der Waals surface area contributed by atoms with Crippen molar-refractivity contribution in [3.63, 3.8) is 0 Å². The van der Waals surface area contributed by atoms with Gasteiger partial charge in [0.2, 0.25) is 5.91 Å². The van der Waals surface area contributed by atoms with Crippen molar-refractivity contribution >= 4 is 5.91 Å². The lowest BCUT2D eigenvalue weighted by molar-refractivity contribution is -0.128. The molecule has 4 heteroatoms. The van der Waals surface area contributed by atoms with Crippen LogP contribution in [0.1, 0.15) is 65.2 Å². The SMILES string of the molecule is CC1CCCC(C)N1CCNC(=O)C1CC2CCCC(C1)C2N. The van der Waals surface area contributed by atoms with Crippen LogP contribution >= 0.6 is 0 Å². The molecule has 132 valence electrons. The highest BCUT2D eigenvalue weighted by Gasteiger charge is 2.40. The molecule has 4 atom stereocenters. The number of hydrogen-bond donors (Lipinski definition) is 2. The van der Waals surface area contributed by atoms with E-state index in [1.165, 1.54) is 38.5 Å². The predicted octanol–water partition coefficient (Wildman–Crippen LogP) is 2.52. The highest BCUT2D eigenvalue weighted by Crippen LogP contribution is 2.41. The number of amides is 1. The first-order chi connectivity index (χ1) is 11.1. The van der Waals surface area contributed by atoms with Crippen LogP contribution in [0, 0.1) is 17.8 Å². The number of fused-ring (bicyclic) bond motifs is 2. The van der Waals surface area contributed by atoms with E-state index >= 15 is 0 Å². The number of carbonyl (C=O) groups is 1. The Hall–Kier alpha value is -0.610. The molecular formula is C19H35N3O. The maximum atomic E-state index is 12.6. The Bertz CT molecular complexity index is 389. The molecule has 2 saturated carbocycles. The van der Waals surface area contributed by atoms with Gasteiger partial charge in [0.1, 0.15) is 0 Å². The van der Waals surface area contributed by atoms with E-state index in [1.807, 2.05) is 0 Å². The number of piperidine rings is 1. The van der Waals surface area contributed by atoms with E-state index in [2.05, 4.69) is 24.1 Å². The van der Waals surface area contributed by atoms with Gasteiger partial charge in [0.05, 0.1) is 0 Å². The van der Waals surface area contributed by atoms with E-state index < -0.39 is 0 Å². The fraction of sp³-hybridized carbons (Fsp3) is 0.947. The molecule has 0 aromatic heterocycles. The van der Waals surface area contributed by atoms with Crippen LogP contribution in [0.4, 0.5) is 0 Å². The van der Waals surface area contributed by atoms with E-state index in [9.17, 15) is 4.79 Å². The Morgan fingerprint density at radius 1 is 1.04 bits per heavy atom. The molecule has 0 radical (unpaired) electrons. The standard InChI is InChI=1S/C19H35N3O/c1-13-5-3-6-14(2)22(13)10-9-21-19(23)17-11-15-7-4-8-16(12-17)18(15)20/h13-18H,3-12,20H2,1-2H3,(H,21,23). The summed E-state index contributed by atoms with van der Waals surface area (Å²) in [6.45, 7) is 6.43. The molecular weight excluding hydrogens is 286 g/mol. The van der Waals surface area contributed by atoms with Crippen molar-refractivity contribution in [3.8, 4) is 0 Å². The average molecular weight is 322 g/mol. The quantitative estimate of drug-likeness (QED) is 0.836. The first-order valence-corrected chi connectivity index (χ1v) is 9.85. The molecule has 4 nitrogen and oxygen atoms in total. The molecule has 4 unspecified atom stereocenters. The van der Waals surface area contributed by atoms with Gasteiger partial charge in [0.25, 0.3) is 0 Å². The summed E-state index contributed by atoms with van der Waals surface area (Å²) >= 11 is 0. The number of carbonyl (C=O) groups excluding carboxylic acids is 1. The van der Waals surface area contributed by atoms with Gasteiger partial charge in [-0.05, 0) is 64.2 Å². The normalized spacial score (nSPS) is 41.5. The van der Waals surface area contributed by atoms with Crippen LogP contribution in [0.15, 0.2) is 0 Å². The molecule has 0 spiro atoms.